The molecular formula is C15H19N3OS. The molecule has 2 aromatic rings. The Bertz CT molecular complexity index is 594. The van der Waals surface area contributed by atoms with Crippen LogP contribution in [0.15, 0.2) is 36.4 Å². The van der Waals surface area contributed by atoms with E-state index < -0.39 is 0 Å². The van der Waals surface area contributed by atoms with Crippen LogP contribution in [0.5, 0.6) is 0 Å². The van der Waals surface area contributed by atoms with Gasteiger partial charge >= 0.3 is 0 Å². The SMILES string of the molecule is Cc1ccc(CC(C)NC(=O)c2ccccc2NN)s1. The summed E-state index contributed by atoms with van der Waals surface area (Å²) in [5.41, 5.74) is 3.73. The Labute approximate surface area is 123 Å². The molecule has 4 nitrogen and oxygen atoms in total. The minimum Gasteiger partial charge on any atom is -0.349 e. The highest BCUT2D eigenvalue weighted by Gasteiger charge is 2.13. The van der Waals surface area contributed by atoms with Crippen molar-refractivity contribution in [3.8, 4) is 0 Å². The van der Waals surface area contributed by atoms with Crippen LogP contribution >= 0.6 is 11.3 Å². The Balaban J connectivity index is 2.00. The van der Waals surface area contributed by atoms with E-state index in [1.165, 1.54) is 9.75 Å². The molecule has 0 bridgehead atoms. The van der Waals surface area contributed by atoms with Gasteiger partial charge in [-0.1, -0.05) is 12.1 Å². The molecule has 4 N–H and O–H groups in total. The third-order valence-corrected chi connectivity index (χ3v) is 4.03. The van der Waals surface area contributed by atoms with Crippen LogP contribution < -0.4 is 16.6 Å². The summed E-state index contributed by atoms with van der Waals surface area (Å²) in [5.74, 6) is 5.31. The fraction of sp³-hybridized carbons (Fsp3) is 0.267. The fourth-order valence-corrected chi connectivity index (χ4v) is 3.08. The largest absolute Gasteiger partial charge is 0.349 e. The Morgan fingerprint density at radius 1 is 1.30 bits per heavy atom. The highest BCUT2D eigenvalue weighted by molar-refractivity contribution is 7.11. The van der Waals surface area contributed by atoms with Crippen LogP contribution in [0.2, 0.25) is 0 Å². The molecule has 1 unspecified atom stereocenters. The Morgan fingerprint density at radius 3 is 2.70 bits per heavy atom. The zero-order valence-corrected chi connectivity index (χ0v) is 12.5. The number of anilines is 1. The smallest absolute Gasteiger partial charge is 0.253 e. The van der Waals surface area contributed by atoms with Gasteiger partial charge < -0.3 is 10.7 Å². The summed E-state index contributed by atoms with van der Waals surface area (Å²) >= 11 is 1.76. The second kappa shape index (κ2) is 6.54. The molecule has 0 radical (unpaired) electrons. The molecule has 1 aromatic carbocycles. The number of nitrogen functional groups attached to an aromatic ring is 1. The van der Waals surface area contributed by atoms with Crippen LogP contribution in [0.25, 0.3) is 0 Å². The molecule has 0 saturated carbocycles. The molecule has 0 aliphatic heterocycles. The van der Waals surface area contributed by atoms with Crippen molar-refractivity contribution in [3.63, 3.8) is 0 Å². The standard InChI is InChI=1S/C15H19N3OS/c1-10(9-12-8-7-11(2)20-12)17-15(19)13-5-3-4-6-14(13)18-16/h3-8,10,18H,9,16H2,1-2H3,(H,17,19). The van der Waals surface area contributed by atoms with Gasteiger partial charge in [0.05, 0.1) is 11.3 Å². The molecule has 1 atom stereocenters. The third-order valence-electron chi connectivity index (χ3n) is 3.01. The van der Waals surface area contributed by atoms with Gasteiger partial charge in [0, 0.05) is 22.2 Å². The Hall–Kier alpha value is -1.85. The van der Waals surface area contributed by atoms with Gasteiger partial charge in [0.25, 0.3) is 5.91 Å². The summed E-state index contributed by atoms with van der Waals surface area (Å²) in [6.07, 6.45) is 0.836. The molecule has 20 heavy (non-hydrogen) atoms. The summed E-state index contributed by atoms with van der Waals surface area (Å²) in [4.78, 5) is 14.8. The van der Waals surface area contributed by atoms with Gasteiger partial charge in [0.15, 0.2) is 0 Å². The minimum absolute atomic E-state index is 0.0754. The van der Waals surface area contributed by atoms with Gasteiger partial charge in [0.2, 0.25) is 0 Å². The zero-order valence-electron chi connectivity index (χ0n) is 11.6. The van der Waals surface area contributed by atoms with Crippen molar-refractivity contribution in [3.05, 3.63) is 51.7 Å². The molecule has 0 fully saturated rings. The van der Waals surface area contributed by atoms with Crippen molar-refractivity contribution in [1.82, 2.24) is 5.32 Å². The maximum absolute atomic E-state index is 12.2. The van der Waals surface area contributed by atoms with Gasteiger partial charge in [0.1, 0.15) is 0 Å². The molecule has 0 aliphatic rings. The maximum atomic E-state index is 12.2. The number of carbonyl (C=O) groups excluding carboxylic acids is 1. The number of para-hydroxylation sites is 1. The first-order valence-corrected chi connectivity index (χ1v) is 7.33. The van der Waals surface area contributed by atoms with Crippen LogP contribution in [-0.4, -0.2) is 11.9 Å². The molecular weight excluding hydrogens is 270 g/mol. The van der Waals surface area contributed by atoms with E-state index >= 15 is 0 Å². The number of hydrogen-bond acceptors (Lipinski definition) is 4. The molecule has 2 rings (SSSR count). The molecule has 1 heterocycles. The average molecular weight is 289 g/mol. The van der Waals surface area contributed by atoms with E-state index in [2.05, 4.69) is 29.8 Å². The van der Waals surface area contributed by atoms with Crippen molar-refractivity contribution in [2.75, 3.05) is 5.43 Å². The molecule has 0 aliphatic carbocycles. The van der Waals surface area contributed by atoms with E-state index in [4.69, 9.17) is 5.84 Å². The lowest BCUT2D eigenvalue weighted by Gasteiger charge is -2.14. The first-order chi connectivity index (χ1) is 9.60. The zero-order chi connectivity index (χ0) is 14.5. The second-order valence-corrected chi connectivity index (χ2v) is 6.15. The van der Waals surface area contributed by atoms with Crippen molar-refractivity contribution < 1.29 is 4.79 Å². The highest BCUT2D eigenvalue weighted by atomic mass is 32.1. The van der Waals surface area contributed by atoms with E-state index in [1.54, 1.807) is 23.5 Å². The Kier molecular flexibility index (Phi) is 4.76. The number of nitrogens with one attached hydrogen (secondary N) is 2. The quantitative estimate of drug-likeness (QED) is 0.585. The predicted molar refractivity (Wildman–Crippen MR) is 83.9 cm³/mol. The Morgan fingerprint density at radius 2 is 2.05 bits per heavy atom. The van der Waals surface area contributed by atoms with Crippen LogP contribution in [0.4, 0.5) is 5.69 Å². The van der Waals surface area contributed by atoms with Crippen LogP contribution in [-0.2, 0) is 6.42 Å². The van der Waals surface area contributed by atoms with Gasteiger partial charge in [-0.3, -0.25) is 10.6 Å². The highest BCUT2D eigenvalue weighted by Crippen LogP contribution is 2.17. The van der Waals surface area contributed by atoms with Gasteiger partial charge in [-0.25, -0.2) is 0 Å². The first-order valence-electron chi connectivity index (χ1n) is 6.52. The lowest BCUT2D eigenvalue weighted by Crippen LogP contribution is -2.34. The maximum Gasteiger partial charge on any atom is 0.253 e. The summed E-state index contributed by atoms with van der Waals surface area (Å²) in [6.45, 7) is 4.09. The minimum atomic E-state index is -0.112. The number of hydrazine groups is 1. The number of aryl methyl sites for hydroxylation is 1. The summed E-state index contributed by atoms with van der Waals surface area (Å²) in [6, 6.07) is 11.5. The second-order valence-electron chi connectivity index (χ2n) is 4.78. The van der Waals surface area contributed by atoms with Crippen LogP contribution in [0.1, 0.15) is 27.0 Å². The van der Waals surface area contributed by atoms with Gasteiger partial charge in [-0.2, -0.15) is 0 Å². The van der Waals surface area contributed by atoms with Crippen molar-refractivity contribution >= 4 is 22.9 Å². The van der Waals surface area contributed by atoms with Crippen molar-refractivity contribution in [2.45, 2.75) is 26.3 Å². The van der Waals surface area contributed by atoms with Gasteiger partial charge in [-0.05, 0) is 38.1 Å². The molecule has 0 spiro atoms. The molecule has 1 amide bonds. The number of benzene rings is 1. The predicted octanol–water partition coefficient (Wildman–Crippen LogP) is 2.70. The summed E-state index contributed by atoms with van der Waals surface area (Å²) in [5, 5.41) is 3.00. The number of amides is 1. The number of carbonyl (C=O) groups is 1. The summed E-state index contributed by atoms with van der Waals surface area (Å²) < 4.78 is 0. The topological polar surface area (TPSA) is 67.2 Å². The van der Waals surface area contributed by atoms with E-state index in [-0.39, 0.29) is 11.9 Å². The lowest BCUT2D eigenvalue weighted by atomic mass is 10.1. The average Bonchev–Trinajstić information content (AvgIpc) is 2.83. The number of rotatable bonds is 5. The fourth-order valence-electron chi connectivity index (χ4n) is 2.06. The lowest BCUT2D eigenvalue weighted by molar-refractivity contribution is 0.0941. The van der Waals surface area contributed by atoms with E-state index in [0.717, 1.165) is 6.42 Å². The van der Waals surface area contributed by atoms with Crippen molar-refractivity contribution in [2.24, 2.45) is 5.84 Å². The molecule has 0 saturated heterocycles. The molecule has 106 valence electrons. The van der Waals surface area contributed by atoms with Crippen molar-refractivity contribution in [1.29, 1.82) is 0 Å². The number of thiophene rings is 1. The van der Waals surface area contributed by atoms with Crippen LogP contribution in [0.3, 0.4) is 0 Å². The molecule has 5 heteroatoms. The van der Waals surface area contributed by atoms with E-state index in [1.807, 2.05) is 19.1 Å². The van der Waals surface area contributed by atoms with E-state index in [0.29, 0.717) is 11.3 Å². The first kappa shape index (κ1) is 14.6. The number of hydrogen-bond donors (Lipinski definition) is 3. The van der Waals surface area contributed by atoms with E-state index in [9.17, 15) is 4.79 Å². The summed E-state index contributed by atoms with van der Waals surface area (Å²) in [7, 11) is 0. The normalized spacial score (nSPS) is 11.9. The molecule has 1 aromatic heterocycles. The van der Waals surface area contributed by atoms with Gasteiger partial charge in [-0.15, -0.1) is 11.3 Å². The van der Waals surface area contributed by atoms with Crippen LogP contribution in [0, 0.1) is 6.92 Å². The number of nitrogens with two attached hydrogens (primary N) is 1. The monoisotopic (exact) mass is 289 g/mol. The third kappa shape index (κ3) is 3.59.